The number of anilines is 1. The number of ether oxygens (including phenoxy) is 2. The van der Waals surface area contributed by atoms with E-state index in [1.807, 2.05) is 30.1 Å². The van der Waals surface area contributed by atoms with Crippen LogP contribution in [-0.4, -0.2) is 53.8 Å². The van der Waals surface area contributed by atoms with E-state index < -0.39 is 18.6 Å². The lowest BCUT2D eigenvalue weighted by Crippen LogP contribution is -2.37. The second-order valence-electron chi connectivity index (χ2n) is 7.95. The molecule has 4 rings (SSSR count). The Balaban J connectivity index is 1.31. The topological polar surface area (TPSA) is 92.2 Å². The fourth-order valence-electron chi connectivity index (χ4n) is 3.37. The number of hydrogen-bond acceptors (Lipinski definition) is 7. The van der Waals surface area contributed by atoms with E-state index in [9.17, 15) is 14.7 Å². The monoisotopic (exact) mass is 525 g/mol. The first-order chi connectivity index (χ1) is 17.4. The van der Waals surface area contributed by atoms with Crippen LogP contribution in [0.4, 0.5) is 9.93 Å². The molecule has 36 heavy (non-hydrogen) atoms. The number of carboxylic acids is 1. The van der Waals surface area contributed by atoms with Gasteiger partial charge < -0.3 is 19.5 Å². The van der Waals surface area contributed by atoms with Crippen molar-refractivity contribution in [2.45, 2.75) is 6.54 Å². The fourth-order valence-corrected chi connectivity index (χ4v) is 4.51. The Kier molecular flexibility index (Phi) is 8.24. The zero-order valence-electron chi connectivity index (χ0n) is 19.5. The molecule has 0 unspecified atom stereocenters. The minimum atomic E-state index is -1.14. The van der Waals surface area contributed by atoms with E-state index >= 15 is 0 Å². The summed E-state index contributed by atoms with van der Waals surface area (Å²) in [5.41, 5.74) is 1.72. The number of rotatable bonds is 10. The Morgan fingerprint density at radius 2 is 1.81 bits per heavy atom. The third-order valence-electron chi connectivity index (χ3n) is 5.19. The van der Waals surface area contributed by atoms with Crippen molar-refractivity contribution in [3.8, 4) is 11.5 Å². The molecule has 1 amide bonds. The van der Waals surface area contributed by atoms with Gasteiger partial charge in [0.2, 0.25) is 0 Å². The minimum absolute atomic E-state index is 0.0618. The molecule has 0 aliphatic carbocycles. The van der Waals surface area contributed by atoms with Gasteiger partial charge in [-0.15, -0.1) is 0 Å². The number of nitrogens with zero attached hydrogens (tertiary/aromatic N) is 3. The van der Waals surface area contributed by atoms with Crippen LogP contribution in [-0.2, 0) is 11.3 Å². The Morgan fingerprint density at radius 3 is 2.53 bits per heavy atom. The molecule has 0 spiro atoms. The van der Waals surface area contributed by atoms with Gasteiger partial charge in [-0.3, -0.25) is 9.69 Å². The van der Waals surface area contributed by atoms with Crippen LogP contribution in [0.15, 0.2) is 72.8 Å². The van der Waals surface area contributed by atoms with Crippen LogP contribution in [0.3, 0.4) is 0 Å². The summed E-state index contributed by atoms with van der Waals surface area (Å²) in [5, 5.41) is 10.6. The summed E-state index contributed by atoms with van der Waals surface area (Å²) in [5.74, 6) is -0.236. The van der Waals surface area contributed by atoms with Gasteiger partial charge in [0.25, 0.3) is 0 Å². The summed E-state index contributed by atoms with van der Waals surface area (Å²) in [6, 6.07) is 21.5. The summed E-state index contributed by atoms with van der Waals surface area (Å²) in [4.78, 5) is 31.7. The molecular weight excluding hydrogens is 502 g/mol. The lowest BCUT2D eigenvalue weighted by molar-refractivity contribution is -0.138. The highest BCUT2D eigenvalue weighted by molar-refractivity contribution is 7.22. The van der Waals surface area contributed by atoms with Crippen molar-refractivity contribution in [3.05, 3.63) is 83.4 Å². The quantitative estimate of drug-likeness (QED) is 0.290. The van der Waals surface area contributed by atoms with E-state index in [4.69, 9.17) is 21.1 Å². The fraction of sp³-hybridized carbons (Fsp3) is 0.192. The van der Waals surface area contributed by atoms with Crippen molar-refractivity contribution >= 4 is 50.3 Å². The largest absolute Gasteiger partial charge is 0.492 e. The predicted octanol–water partition coefficient (Wildman–Crippen LogP) is 5.55. The molecule has 186 valence electrons. The molecule has 0 radical (unpaired) electrons. The normalized spacial score (nSPS) is 10.7. The Labute approximate surface area is 217 Å². The van der Waals surface area contributed by atoms with Crippen molar-refractivity contribution in [1.29, 1.82) is 0 Å². The molecule has 0 atom stereocenters. The SMILES string of the molecule is CN(CCOc1ccc(CN(CC(=O)O)C(=O)Oc2cccc(Cl)c2)cc1)c1nc2ccccc2s1. The molecule has 3 aromatic carbocycles. The summed E-state index contributed by atoms with van der Waals surface area (Å²) in [6.07, 6.45) is -0.780. The number of halogens is 1. The summed E-state index contributed by atoms with van der Waals surface area (Å²) >= 11 is 7.56. The highest BCUT2D eigenvalue weighted by Crippen LogP contribution is 2.27. The first kappa shape index (κ1) is 25.3. The van der Waals surface area contributed by atoms with Crippen molar-refractivity contribution in [2.24, 2.45) is 0 Å². The third-order valence-corrected chi connectivity index (χ3v) is 6.57. The second kappa shape index (κ2) is 11.7. The van der Waals surface area contributed by atoms with Crippen molar-refractivity contribution < 1.29 is 24.2 Å². The van der Waals surface area contributed by atoms with E-state index in [0.717, 1.165) is 25.8 Å². The van der Waals surface area contributed by atoms with Crippen molar-refractivity contribution in [3.63, 3.8) is 0 Å². The molecule has 1 aromatic heterocycles. The van der Waals surface area contributed by atoms with Crippen LogP contribution in [0.1, 0.15) is 5.56 Å². The maximum Gasteiger partial charge on any atom is 0.416 e. The van der Waals surface area contributed by atoms with Crippen molar-refractivity contribution in [1.82, 2.24) is 9.88 Å². The number of carbonyl (C=O) groups is 2. The van der Waals surface area contributed by atoms with Gasteiger partial charge in [0.05, 0.1) is 16.8 Å². The van der Waals surface area contributed by atoms with Gasteiger partial charge in [-0.2, -0.15) is 0 Å². The maximum absolute atomic E-state index is 12.6. The van der Waals surface area contributed by atoms with E-state index in [1.54, 1.807) is 53.8 Å². The van der Waals surface area contributed by atoms with Crippen LogP contribution in [0.2, 0.25) is 5.02 Å². The summed E-state index contributed by atoms with van der Waals surface area (Å²) < 4.78 is 12.3. The Morgan fingerprint density at radius 1 is 1.03 bits per heavy atom. The Hall–Kier alpha value is -3.82. The zero-order valence-corrected chi connectivity index (χ0v) is 21.0. The molecule has 0 bridgehead atoms. The first-order valence-corrected chi connectivity index (χ1v) is 12.3. The number of benzene rings is 3. The molecule has 0 aliphatic heterocycles. The highest BCUT2D eigenvalue weighted by Gasteiger charge is 2.20. The molecule has 8 nitrogen and oxygen atoms in total. The van der Waals surface area contributed by atoms with Crippen LogP contribution < -0.4 is 14.4 Å². The van der Waals surface area contributed by atoms with Gasteiger partial charge >= 0.3 is 12.1 Å². The number of carbonyl (C=O) groups excluding carboxylic acids is 1. The summed E-state index contributed by atoms with van der Waals surface area (Å²) in [7, 11) is 1.98. The van der Waals surface area contributed by atoms with Gasteiger partial charge in [0.15, 0.2) is 5.13 Å². The van der Waals surface area contributed by atoms with Crippen LogP contribution in [0.5, 0.6) is 11.5 Å². The lowest BCUT2D eigenvalue weighted by atomic mass is 10.2. The number of hydrogen-bond donors (Lipinski definition) is 1. The number of fused-ring (bicyclic) bond motifs is 1. The first-order valence-electron chi connectivity index (χ1n) is 11.1. The number of aliphatic carboxylic acids is 1. The van der Waals surface area contributed by atoms with Gasteiger partial charge in [0.1, 0.15) is 24.7 Å². The summed E-state index contributed by atoms with van der Waals surface area (Å²) in [6.45, 7) is 0.675. The molecule has 0 saturated carbocycles. The van der Waals surface area contributed by atoms with Gasteiger partial charge in [0, 0.05) is 18.6 Å². The van der Waals surface area contributed by atoms with E-state index in [2.05, 4.69) is 11.1 Å². The molecule has 4 aromatic rings. The van der Waals surface area contributed by atoms with Crippen molar-refractivity contribution in [2.75, 3.05) is 31.6 Å². The molecule has 0 fully saturated rings. The van der Waals surface area contributed by atoms with Crippen LogP contribution in [0.25, 0.3) is 10.2 Å². The maximum atomic E-state index is 12.6. The highest BCUT2D eigenvalue weighted by atomic mass is 35.5. The minimum Gasteiger partial charge on any atom is -0.492 e. The second-order valence-corrected chi connectivity index (χ2v) is 9.40. The zero-order chi connectivity index (χ0) is 25.5. The third kappa shape index (κ3) is 6.87. The van der Waals surface area contributed by atoms with E-state index in [1.165, 1.54) is 6.07 Å². The smallest absolute Gasteiger partial charge is 0.416 e. The predicted molar refractivity (Wildman–Crippen MR) is 140 cm³/mol. The van der Waals surface area contributed by atoms with Crippen LogP contribution >= 0.6 is 22.9 Å². The van der Waals surface area contributed by atoms with E-state index in [-0.39, 0.29) is 12.3 Å². The van der Waals surface area contributed by atoms with Gasteiger partial charge in [-0.1, -0.05) is 53.3 Å². The number of aromatic nitrogens is 1. The molecule has 0 aliphatic rings. The number of thiazole rings is 1. The van der Waals surface area contributed by atoms with Gasteiger partial charge in [-0.25, -0.2) is 9.78 Å². The Bertz CT molecular complexity index is 1310. The lowest BCUT2D eigenvalue weighted by Gasteiger charge is -2.20. The average Bonchev–Trinajstić information content (AvgIpc) is 3.29. The molecular formula is C26H24ClN3O5S. The molecule has 10 heteroatoms. The number of para-hydroxylation sites is 1. The van der Waals surface area contributed by atoms with Crippen LogP contribution in [0, 0.1) is 0 Å². The molecule has 1 heterocycles. The molecule has 0 saturated heterocycles. The number of likely N-dealkylation sites (N-methyl/N-ethyl adjacent to an activating group) is 1. The number of amides is 1. The number of carboxylic acid groups (broad SMARTS) is 1. The van der Waals surface area contributed by atoms with E-state index in [0.29, 0.717) is 23.9 Å². The van der Waals surface area contributed by atoms with Gasteiger partial charge in [-0.05, 0) is 48.0 Å². The average molecular weight is 526 g/mol. The molecule has 1 N–H and O–H groups in total. The standard InChI is InChI=1S/C26H24ClN3O5S/c1-29(25-28-22-7-2-3-8-23(22)36-25)13-14-34-20-11-9-18(10-12-20)16-30(17-24(31)32)26(33)35-21-6-4-5-19(27)15-21/h2-12,15H,13-14,16-17H2,1H3,(H,31,32).